The van der Waals surface area contributed by atoms with Gasteiger partial charge in [0.05, 0.1) is 34.7 Å². The number of aryl methyl sites for hydroxylation is 1. The number of carbonyl (C=O) groups is 1. The number of anilines is 2. The summed E-state index contributed by atoms with van der Waals surface area (Å²) in [6.45, 7) is 1.38. The standard InChI is InChI=1S/C26H25N7O/c1-33-16-22(31-17-33)10-11-29-14-18-12-21(13-27)25(30-15-18)19-6-8-20(9-7-19)26(34)32-24-5-3-2-4-23(24)28/h2-9,12,15-17,29H,10-11,14,28H2,1H3,(H,32,34). The largest absolute Gasteiger partial charge is 0.397 e. The monoisotopic (exact) mass is 451 g/mol. The van der Waals surface area contributed by atoms with Gasteiger partial charge in [0.25, 0.3) is 5.91 Å². The molecule has 2 aromatic heterocycles. The average Bonchev–Trinajstić information content (AvgIpc) is 3.28. The van der Waals surface area contributed by atoms with Gasteiger partial charge in [-0.3, -0.25) is 9.78 Å². The highest BCUT2D eigenvalue weighted by Gasteiger charge is 2.11. The van der Waals surface area contributed by atoms with E-state index in [1.165, 1.54) is 0 Å². The van der Waals surface area contributed by atoms with Crippen LogP contribution in [0.1, 0.15) is 27.2 Å². The Hall–Kier alpha value is -4.48. The predicted molar refractivity (Wildman–Crippen MR) is 132 cm³/mol. The van der Waals surface area contributed by atoms with Gasteiger partial charge in [0.1, 0.15) is 6.07 Å². The second kappa shape index (κ2) is 10.4. The molecule has 0 aliphatic carbocycles. The van der Waals surface area contributed by atoms with Crippen molar-refractivity contribution in [3.05, 3.63) is 95.7 Å². The molecule has 0 aliphatic heterocycles. The molecule has 4 rings (SSSR count). The summed E-state index contributed by atoms with van der Waals surface area (Å²) in [6.07, 6.45) is 6.38. The second-order valence-electron chi connectivity index (χ2n) is 7.93. The quantitative estimate of drug-likeness (QED) is 0.278. The van der Waals surface area contributed by atoms with E-state index in [4.69, 9.17) is 5.73 Å². The number of nitrogen functional groups attached to an aromatic ring is 1. The van der Waals surface area contributed by atoms with E-state index in [-0.39, 0.29) is 5.91 Å². The van der Waals surface area contributed by atoms with Crippen LogP contribution in [0.15, 0.2) is 73.3 Å². The van der Waals surface area contributed by atoms with Crippen LogP contribution in [0.5, 0.6) is 0 Å². The van der Waals surface area contributed by atoms with E-state index in [1.54, 1.807) is 48.9 Å². The Morgan fingerprint density at radius 2 is 1.94 bits per heavy atom. The molecule has 0 atom stereocenters. The van der Waals surface area contributed by atoms with E-state index in [2.05, 4.69) is 26.7 Å². The van der Waals surface area contributed by atoms with E-state index in [9.17, 15) is 10.1 Å². The van der Waals surface area contributed by atoms with Gasteiger partial charge in [0, 0.05) is 50.1 Å². The first-order valence-corrected chi connectivity index (χ1v) is 10.9. The lowest BCUT2D eigenvalue weighted by molar-refractivity contribution is 0.102. The number of amides is 1. The van der Waals surface area contributed by atoms with Gasteiger partial charge in [-0.25, -0.2) is 4.98 Å². The van der Waals surface area contributed by atoms with Crippen LogP contribution >= 0.6 is 0 Å². The Balaban J connectivity index is 1.39. The van der Waals surface area contributed by atoms with Gasteiger partial charge in [0.15, 0.2) is 0 Å². The molecular weight excluding hydrogens is 426 g/mol. The number of pyridine rings is 1. The van der Waals surface area contributed by atoms with Crippen LogP contribution < -0.4 is 16.4 Å². The summed E-state index contributed by atoms with van der Waals surface area (Å²) >= 11 is 0. The lowest BCUT2D eigenvalue weighted by Crippen LogP contribution is -2.17. The minimum Gasteiger partial charge on any atom is -0.397 e. The van der Waals surface area contributed by atoms with E-state index < -0.39 is 0 Å². The number of aromatic nitrogens is 3. The van der Waals surface area contributed by atoms with Crippen molar-refractivity contribution in [2.24, 2.45) is 7.05 Å². The molecule has 1 amide bonds. The number of para-hydroxylation sites is 2. The SMILES string of the molecule is Cn1cnc(CCNCc2cnc(-c3ccc(C(=O)Nc4ccccc4N)cc3)c(C#N)c2)c1. The van der Waals surface area contributed by atoms with Crippen molar-refractivity contribution < 1.29 is 4.79 Å². The minimum absolute atomic E-state index is 0.259. The topological polar surface area (TPSA) is 122 Å². The highest BCUT2D eigenvalue weighted by molar-refractivity contribution is 6.05. The molecule has 8 nitrogen and oxygen atoms in total. The number of hydrogen-bond donors (Lipinski definition) is 3. The number of nitrogens with one attached hydrogen (secondary N) is 2. The molecule has 2 aromatic carbocycles. The van der Waals surface area contributed by atoms with Crippen LogP contribution in [0.25, 0.3) is 11.3 Å². The number of imidazole rings is 1. The molecule has 0 saturated heterocycles. The zero-order chi connectivity index (χ0) is 23.9. The van der Waals surface area contributed by atoms with E-state index in [0.717, 1.165) is 29.8 Å². The van der Waals surface area contributed by atoms with Gasteiger partial charge in [-0.05, 0) is 35.9 Å². The van der Waals surface area contributed by atoms with Crippen molar-refractivity contribution in [3.63, 3.8) is 0 Å². The maximum Gasteiger partial charge on any atom is 0.255 e. The normalized spacial score (nSPS) is 10.6. The summed E-state index contributed by atoms with van der Waals surface area (Å²) in [6, 6.07) is 18.2. The van der Waals surface area contributed by atoms with Crippen LogP contribution in [0.2, 0.25) is 0 Å². The first kappa shape index (κ1) is 22.7. The Morgan fingerprint density at radius 1 is 1.15 bits per heavy atom. The molecular formula is C26H25N7O. The van der Waals surface area contributed by atoms with Gasteiger partial charge in [-0.2, -0.15) is 5.26 Å². The molecule has 0 aliphatic rings. The number of nitriles is 1. The van der Waals surface area contributed by atoms with Gasteiger partial charge in [0.2, 0.25) is 0 Å². The number of rotatable bonds is 8. The first-order valence-electron chi connectivity index (χ1n) is 10.9. The van der Waals surface area contributed by atoms with E-state index in [1.807, 2.05) is 36.0 Å². The lowest BCUT2D eigenvalue weighted by atomic mass is 10.0. The predicted octanol–water partition coefficient (Wildman–Crippen LogP) is 3.52. The highest BCUT2D eigenvalue weighted by atomic mass is 16.1. The third-order valence-electron chi connectivity index (χ3n) is 5.34. The van der Waals surface area contributed by atoms with Crippen molar-refractivity contribution in [3.8, 4) is 17.3 Å². The summed E-state index contributed by atoms with van der Waals surface area (Å²) in [7, 11) is 1.95. The van der Waals surface area contributed by atoms with Crippen LogP contribution in [-0.4, -0.2) is 27.0 Å². The second-order valence-corrected chi connectivity index (χ2v) is 7.93. The smallest absolute Gasteiger partial charge is 0.255 e. The summed E-state index contributed by atoms with van der Waals surface area (Å²) < 4.78 is 1.93. The average molecular weight is 452 g/mol. The summed E-state index contributed by atoms with van der Waals surface area (Å²) in [5.41, 5.74) is 11.2. The van der Waals surface area contributed by atoms with Crippen molar-refractivity contribution in [2.75, 3.05) is 17.6 Å². The minimum atomic E-state index is -0.259. The maximum atomic E-state index is 12.6. The van der Waals surface area contributed by atoms with E-state index >= 15 is 0 Å². The highest BCUT2D eigenvalue weighted by Crippen LogP contribution is 2.23. The van der Waals surface area contributed by atoms with Gasteiger partial charge >= 0.3 is 0 Å². The molecule has 0 spiro atoms. The molecule has 0 unspecified atom stereocenters. The fraction of sp³-hybridized carbons (Fsp3) is 0.154. The van der Waals surface area contributed by atoms with Crippen molar-refractivity contribution in [1.29, 1.82) is 5.26 Å². The molecule has 34 heavy (non-hydrogen) atoms. The van der Waals surface area contributed by atoms with Crippen LogP contribution in [-0.2, 0) is 20.0 Å². The summed E-state index contributed by atoms with van der Waals surface area (Å²) in [5.74, 6) is -0.259. The van der Waals surface area contributed by atoms with E-state index in [0.29, 0.717) is 34.7 Å². The van der Waals surface area contributed by atoms with Gasteiger partial charge < -0.3 is 20.9 Å². The number of nitrogens with zero attached hydrogens (tertiary/aromatic N) is 4. The van der Waals surface area contributed by atoms with Crippen molar-refractivity contribution in [2.45, 2.75) is 13.0 Å². The number of benzene rings is 2. The van der Waals surface area contributed by atoms with Crippen molar-refractivity contribution >= 4 is 17.3 Å². The molecule has 4 N–H and O–H groups in total. The number of nitrogens with two attached hydrogens (primary N) is 1. The molecule has 8 heteroatoms. The molecule has 0 bridgehead atoms. The third-order valence-corrected chi connectivity index (χ3v) is 5.34. The Morgan fingerprint density at radius 3 is 2.65 bits per heavy atom. The fourth-order valence-corrected chi connectivity index (χ4v) is 3.55. The first-order chi connectivity index (χ1) is 16.5. The molecule has 170 valence electrons. The van der Waals surface area contributed by atoms with Crippen LogP contribution in [0, 0.1) is 11.3 Å². The Kier molecular flexibility index (Phi) is 6.96. The van der Waals surface area contributed by atoms with Gasteiger partial charge in [-0.15, -0.1) is 0 Å². The molecule has 0 fully saturated rings. The maximum absolute atomic E-state index is 12.6. The zero-order valence-electron chi connectivity index (χ0n) is 18.8. The molecule has 0 radical (unpaired) electrons. The third kappa shape index (κ3) is 5.46. The lowest BCUT2D eigenvalue weighted by Gasteiger charge is -2.10. The number of hydrogen-bond acceptors (Lipinski definition) is 6. The van der Waals surface area contributed by atoms with Gasteiger partial charge in [-0.1, -0.05) is 24.3 Å². The molecule has 4 aromatic rings. The number of carbonyl (C=O) groups excluding carboxylic acids is 1. The zero-order valence-corrected chi connectivity index (χ0v) is 18.8. The molecule has 2 heterocycles. The Bertz CT molecular complexity index is 1340. The van der Waals surface area contributed by atoms with Crippen LogP contribution in [0.4, 0.5) is 11.4 Å². The fourth-order valence-electron chi connectivity index (χ4n) is 3.55. The summed E-state index contributed by atoms with van der Waals surface area (Å²) in [4.78, 5) is 21.4. The van der Waals surface area contributed by atoms with Crippen molar-refractivity contribution in [1.82, 2.24) is 19.9 Å². The molecule has 0 saturated carbocycles. The Labute approximate surface area is 198 Å². The summed E-state index contributed by atoms with van der Waals surface area (Å²) in [5, 5.41) is 15.8. The van der Waals surface area contributed by atoms with Crippen LogP contribution in [0.3, 0.4) is 0 Å².